The predicted octanol–water partition coefficient (Wildman–Crippen LogP) is 2.73. The van der Waals surface area contributed by atoms with Crippen LogP contribution in [0.25, 0.3) is 0 Å². The summed E-state index contributed by atoms with van der Waals surface area (Å²) >= 11 is 0. The molecule has 0 aromatic carbocycles. The van der Waals surface area contributed by atoms with Crippen molar-refractivity contribution >= 4 is 10.0 Å². The average molecular weight is 243 g/mol. The van der Waals surface area contributed by atoms with Gasteiger partial charge in [0.05, 0.1) is 4.91 Å². The summed E-state index contributed by atoms with van der Waals surface area (Å²) in [6.45, 7) is 9.54. The van der Waals surface area contributed by atoms with E-state index in [0.29, 0.717) is 0 Å². The second-order valence-electron chi connectivity index (χ2n) is 4.00. The molecule has 0 bridgehead atoms. The SMILES string of the molecule is C=C(/C=C(\C=C/CCC)C(C)C)S(N)(=O)=O. The number of hydrogen-bond acceptors (Lipinski definition) is 2. The first-order valence-corrected chi connectivity index (χ1v) is 6.93. The Morgan fingerprint density at radius 1 is 1.44 bits per heavy atom. The van der Waals surface area contributed by atoms with Crippen LogP contribution in [-0.4, -0.2) is 8.42 Å². The first kappa shape index (κ1) is 15.1. The van der Waals surface area contributed by atoms with Crippen LogP contribution in [-0.2, 0) is 10.0 Å². The van der Waals surface area contributed by atoms with Gasteiger partial charge < -0.3 is 0 Å². The zero-order valence-corrected chi connectivity index (χ0v) is 11.0. The van der Waals surface area contributed by atoms with Crippen LogP contribution in [0.1, 0.15) is 33.6 Å². The molecule has 2 N–H and O–H groups in total. The fourth-order valence-corrected chi connectivity index (χ4v) is 1.36. The first-order chi connectivity index (χ1) is 7.29. The smallest absolute Gasteiger partial charge is 0.225 e. The Balaban J connectivity index is 4.93. The summed E-state index contributed by atoms with van der Waals surface area (Å²) in [4.78, 5) is -0.0441. The lowest BCUT2D eigenvalue weighted by molar-refractivity contribution is 0.604. The van der Waals surface area contributed by atoms with Crippen LogP contribution in [0.15, 0.2) is 35.3 Å². The van der Waals surface area contributed by atoms with Crippen LogP contribution in [0.2, 0.25) is 0 Å². The second-order valence-corrected chi connectivity index (χ2v) is 5.62. The van der Waals surface area contributed by atoms with Gasteiger partial charge >= 0.3 is 0 Å². The van der Waals surface area contributed by atoms with E-state index in [1.165, 1.54) is 6.08 Å². The van der Waals surface area contributed by atoms with Gasteiger partial charge in [0, 0.05) is 0 Å². The van der Waals surface area contributed by atoms with Crippen LogP contribution in [0.4, 0.5) is 0 Å². The Morgan fingerprint density at radius 2 is 2.00 bits per heavy atom. The molecule has 0 aromatic heterocycles. The fraction of sp³-hybridized carbons (Fsp3) is 0.500. The van der Waals surface area contributed by atoms with E-state index in [9.17, 15) is 8.42 Å². The van der Waals surface area contributed by atoms with Gasteiger partial charge in [0.1, 0.15) is 0 Å². The highest BCUT2D eigenvalue weighted by molar-refractivity contribution is 7.93. The molecule has 0 aliphatic heterocycles. The number of allylic oxidation sites excluding steroid dienone is 4. The summed E-state index contributed by atoms with van der Waals surface area (Å²) in [5, 5.41) is 4.99. The summed E-state index contributed by atoms with van der Waals surface area (Å²) in [6, 6.07) is 0. The lowest BCUT2D eigenvalue weighted by atomic mass is 10.0. The van der Waals surface area contributed by atoms with Crippen molar-refractivity contribution in [2.24, 2.45) is 11.1 Å². The molecular weight excluding hydrogens is 222 g/mol. The van der Waals surface area contributed by atoms with Crippen molar-refractivity contribution in [1.82, 2.24) is 0 Å². The molecule has 0 fully saturated rings. The first-order valence-electron chi connectivity index (χ1n) is 5.38. The van der Waals surface area contributed by atoms with Crippen molar-refractivity contribution in [3.63, 3.8) is 0 Å². The molecule has 0 amide bonds. The second kappa shape index (κ2) is 6.66. The van der Waals surface area contributed by atoms with Gasteiger partial charge in [-0.05, 0) is 24.0 Å². The van der Waals surface area contributed by atoms with E-state index >= 15 is 0 Å². The Labute approximate surface area is 98.8 Å². The summed E-state index contributed by atoms with van der Waals surface area (Å²) in [5.74, 6) is 0.242. The van der Waals surface area contributed by atoms with Crippen molar-refractivity contribution in [3.05, 3.63) is 35.3 Å². The van der Waals surface area contributed by atoms with Gasteiger partial charge in [-0.2, -0.15) is 0 Å². The summed E-state index contributed by atoms with van der Waals surface area (Å²) in [6.07, 6.45) is 7.54. The fourth-order valence-electron chi connectivity index (χ4n) is 1.06. The standard InChI is InChI=1S/C12H21NO2S/c1-5-6-7-8-12(10(2)3)9-11(4)16(13,14)15/h7-10H,4-6H2,1-3H3,(H2,13,14,15)/b8-7-,12-9+. The molecule has 0 atom stereocenters. The van der Waals surface area contributed by atoms with Crippen LogP contribution in [0.5, 0.6) is 0 Å². The Morgan fingerprint density at radius 3 is 2.38 bits per heavy atom. The molecule has 0 aliphatic carbocycles. The molecule has 4 heteroatoms. The molecule has 0 spiro atoms. The van der Waals surface area contributed by atoms with Gasteiger partial charge in [0.2, 0.25) is 10.0 Å². The third-order valence-corrected chi connectivity index (χ3v) is 2.97. The van der Waals surface area contributed by atoms with Gasteiger partial charge in [-0.3, -0.25) is 0 Å². The molecule has 0 heterocycles. The quantitative estimate of drug-likeness (QED) is 0.729. The van der Waals surface area contributed by atoms with Crippen molar-refractivity contribution in [1.29, 1.82) is 0 Å². The number of hydrogen-bond donors (Lipinski definition) is 1. The Bertz CT molecular complexity index is 389. The lowest BCUT2D eigenvalue weighted by Gasteiger charge is -2.07. The lowest BCUT2D eigenvalue weighted by Crippen LogP contribution is -2.13. The van der Waals surface area contributed by atoms with Crippen molar-refractivity contribution in [2.45, 2.75) is 33.6 Å². The van der Waals surface area contributed by atoms with Gasteiger partial charge in [0.25, 0.3) is 0 Å². The zero-order valence-electron chi connectivity index (χ0n) is 10.2. The van der Waals surface area contributed by atoms with Gasteiger partial charge in [-0.1, -0.05) is 45.9 Å². The number of primary sulfonamides is 1. The highest BCUT2D eigenvalue weighted by Gasteiger charge is 2.08. The monoisotopic (exact) mass is 243 g/mol. The molecular formula is C12H21NO2S. The van der Waals surface area contributed by atoms with Crippen LogP contribution in [0, 0.1) is 5.92 Å². The van der Waals surface area contributed by atoms with Crippen molar-refractivity contribution in [2.75, 3.05) is 0 Å². The van der Waals surface area contributed by atoms with Crippen LogP contribution >= 0.6 is 0 Å². The maximum absolute atomic E-state index is 11.0. The third kappa shape index (κ3) is 5.88. The van der Waals surface area contributed by atoms with Gasteiger partial charge in [-0.25, -0.2) is 13.6 Å². The van der Waals surface area contributed by atoms with E-state index in [1.54, 1.807) is 0 Å². The number of sulfonamides is 1. The highest BCUT2D eigenvalue weighted by Crippen LogP contribution is 2.15. The highest BCUT2D eigenvalue weighted by atomic mass is 32.2. The minimum atomic E-state index is -3.67. The van der Waals surface area contributed by atoms with E-state index in [-0.39, 0.29) is 10.8 Å². The van der Waals surface area contributed by atoms with Crippen LogP contribution < -0.4 is 5.14 Å². The number of rotatable bonds is 6. The van der Waals surface area contributed by atoms with Gasteiger partial charge in [0.15, 0.2) is 0 Å². The van der Waals surface area contributed by atoms with E-state index in [2.05, 4.69) is 13.5 Å². The van der Waals surface area contributed by atoms with Gasteiger partial charge in [-0.15, -0.1) is 0 Å². The molecule has 0 unspecified atom stereocenters. The summed E-state index contributed by atoms with van der Waals surface area (Å²) in [5.41, 5.74) is 0.924. The zero-order chi connectivity index (χ0) is 12.8. The molecule has 92 valence electrons. The number of nitrogens with two attached hydrogens (primary N) is 1. The minimum Gasteiger partial charge on any atom is -0.225 e. The van der Waals surface area contributed by atoms with E-state index in [1.807, 2.05) is 26.0 Å². The molecule has 0 saturated heterocycles. The van der Waals surface area contributed by atoms with E-state index in [4.69, 9.17) is 5.14 Å². The molecule has 16 heavy (non-hydrogen) atoms. The third-order valence-electron chi connectivity index (χ3n) is 2.13. The van der Waals surface area contributed by atoms with Crippen molar-refractivity contribution in [3.8, 4) is 0 Å². The molecule has 3 nitrogen and oxygen atoms in total. The molecule has 0 saturated carbocycles. The molecule has 0 aliphatic rings. The molecule has 0 rings (SSSR count). The van der Waals surface area contributed by atoms with E-state index in [0.717, 1.165) is 18.4 Å². The van der Waals surface area contributed by atoms with Crippen LogP contribution in [0.3, 0.4) is 0 Å². The largest absolute Gasteiger partial charge is 0.237 e. The van der Waals surface area contributed by atoms with Crippen molar-refractivity contribution < 1.29 is 8.42 Å². The summed E-state index contributed by atoms with van der Waals surface area (Å²) < 4.78 is 22.1. The summed E-state index contributed by atoms with van der Waals surface area (Å²) in [7, 11) is -3.67. The Hall–Kier alpha value is -0.870. The predicted molar refractivity (Wildman–Crippen MR) is 69.2 cm³/mol. The topological polar surface area (TPSA) is 60.2 Å². The van der Waals surface area contributed by atoms with E-state index < -0.39 is 10.0 Å². The Kier molecular flexibility index (Phi) is 6.29. The average Bonchev–Trinajstić information content (AvgIpc) is 2.14. The normalized spacial score (nSPS) is 13.7. The molecule has 0 radical (unpaired) electrons. The maximum atomic E-state index is 11.0. The number of unbranched alkanes of at least 4 members (excludes halogenated alkanes) is 1. The molecule has 0 aromatic rings. The maximum Gasteiger partial charge on any atom is 0.237 e. The minimum absolute atomic E-state index is 0.0441.